The number of amides is 1. The summed E-state index contributed by atoms with van der Waals surface area (Å²) < 4.78 is 0. The number of hydrogen-bond donors (Lipinski definition) is 2. The fourth-order valence-corrected chi connectivity index (χ4v) is 5.19. The van der Waals surface area contributed by atoms with Crippen molar-refractivity contribution in [3.63, 3.8) is 0 Å². The van der Waals surface area contributed by atoms with E-state index in [1.165, 1.54) is 11.1 Å². The highest BCUT2D eigenvalue weighted by Gasteiger charge is 2.53. The quantitative estimate of drug-likeness (QED) is 0.827. The zero-order chi connectivity index (χ0) is 17.5. The normalized spacial score (nSPS) is 34.0. The average molecular weight is 341 g/mol. The lowest BCUT2D eigenvalue weighted by Gasteiger charge is -2.51. The zero-order valence-electron chi connectivity index (χ0n) is 14.7. The zero-order valence-corrected chi connectivity index (χ0v) is 14.7. The van der Waals surface area contributed by atoms with E-state index in [0.717, 1.165) is 44.9 Å². The fraction of sp³-hybridized carbons (Fsp3) is 0.619. The van der Waals surface area contributed by atoms with E-state index in [2.05, 4.69) is 29.6 Å². The summed E-state index contributed by atoms with van der Waals surface area (Å²) in [6.45, 7) is 0. The van der Waals surface area contributed by atoms with Crippen LogP contribution < -0.4 is 5.32 Å². The first-order chi connectivity index (χ1) is 12.0. The standard InChI is InChI=1S/C21H27NO3/c23-18(17-7-3-6-15-4-1-2-5-16(15)14-17)22-21-11-8-20(9-12-21,10-13-21)19(24)25/h1-2,4-5,17H,3,6-14H2,(H,22,23)(H,24,25). The molecule has 1 aromatic rings. The topological polar surface area (TPSA) is 66.4 Å². The van der Waals surface area contributed by atoms with Crippen molar-refractivity contribution in [2.45, 2.75) is 69.7 Å². The summed E-state index contributed by atoms with van der Waals surface area (Å²) in [6.07, 6.45) is 8.45. The van der Waals surface area contributed by atoms with Gasteiger partial charge in [-0.25, -0.2) is 0 Å². The molecule has 1 atom stereocenters. The van der Waals surface area contributed by atoms with Crippen LogP contribution in [0.3, 0.4) is 0 Å². The van der Waals surface area contributed by atoms with E-state index in [1.807, 2.05) is 0 Å². The molecular formula is C21H27NO3. The van der Waals surface area contributed by atoms with Crippen molar-refractivity contribution in [3.8, 4) is 0 Å². The first kappa shape index (κ1) is 16.6. The van der Waals surface area contributed by atoms with Gasteiger partial charge in [-0.15, -0.1) is 0 Å². The molecule has 0 aromatic heterocycles. The van der Waals surface area contributed by atoms with E-state index in [4.69, 9.17) is 0 Å². The third-order valence-electron chi connectivity index (χ3n) is 7.04. The third-order valence-corrected chi connectivity index (χ3v) is 7.04. The number of fused-ring (bicyclic) bond motifs is 4. The minimum Gasteiger partial charge on any atom is -0.481 e. The van der Waals surface area contributed by atoms with Crippen molar-refractivity contribution in [2.24, 2.45) is 11.3 Å². The average Bonchev–Trinajstić information content (AvgIpc) is 2.85. The van der Waals surface area contributed by atoms with Gasteiger partial charge in [0.2, 0.25) is 5.91 Å². The molecule has 4 heteroatoms. The lowest BCUT2D eigenvalue weighted by Crippen LogP contribution is -2.59. The number of carbonyl (C=O) groups is 2. The summed E-state index contributed by atoms with van der Waals surface area (Å²) in [4.78, 5) is 24.6. The van der Waals surface area contributed by atoms with Crippen LogP contribution in [0.2, 0.25) is 0 Å². The molecule has 25 heavy (non-hydrogen) atoms. The van der Waals surface area contributed by atoms with E-state index in [0.29, 0.717) is 19.3 Å². The summed E-state index contributed by atoms with van der Waals surface area (Å²) in [5, 5.41) is 12.9. The highest BCUT2D eigenvalue weighted by molar-refractivity contribution is 5.80. The lowest BCUT2D eigenvalue weighted by atomic mass is 9.57. The van der Waals surface area contributed by atoms with Crippen molar-refractivity contribution in [2.75, 3.05) is 0 Å². The van der Waals surface area contributed by atoms with Crippen LogP contribution in [-0.4, -0.2) is 22.5 Å². The number of aryl methyl sites for hydroxylation is 1. The molecular weight excluding hydrogens is 314 g/mol. The molecule has 0 saturated heterocycles. The van der Waals surface area contributed by atoms with Gasteiger partial charge in [0.05, 0.1) is 5.41 Å². The number of nitrogens with one attached hydrogen (secondary N) is 1. The van der Waals surface area contributed by atoms with Crippen molar-refractivity contribution in [1.29, 1.82) is 0 Å². The molecule has 4 nitrogen and oxygen atoms in total. The monoisotopic (exact) mass is 341 g/mol. The van der Waals surface area contributed by atoms with Gasteiger partial charge in [-0.1, -0.05) is 24.3 Å². The molecule has 2 bridgehead atoms. The predicted molar refractivity (Wildman–Crippen MR) is 95.2 cm³/mol. The smallest absolute Gasteiger partial charge is 0.309 e. The van der Waals surface area contributed by atoms with Crippen LogP contribution in [-0.2, 0) is 22.4 Å². The predicted octanol–water partition coefficient (Wildman–Crippen LogP) is 3.48. The Morgan fingerprint density at radius 3 is 2.28 bits per heavy atom. The summed E-state index contributed by atoms with van der Waals surface area (Å²) in [5.41, 5.74) is 2.03. The Labute approximate surface area is 149 Å². The molecule has 4 aliphatic carbocycles. The Hall–Kier alpha value is -1.84. The van der Waals surface area contributed by atoms with Crippen LogP contribution in [0.25, 0.3) is 0 Å². The summed E-state index contributed by atoms with van der Waals surface area (Å²) >= 11 is 0. The van der Waals surface area contributed by atoms with Gasteiger partial charge in [-0.05, 0) is 75.3 Å². The Morgan fingerprint density at radius 2 is 1.64 bits per heavy atom. The maximum atomic E-state index is 13.0. The second-order valence-corrected chi connectivity index (χ2v) is 8.42. The van der Waals surface area contributed by atoms with Crippen LogP contribution >= 0.6 is 0 Å². The van der Waals surface area contributed by atoms with Gasteiger partial charge < -0.3 is 10.4 Å². The molecule has 1 aromatic carbocycles. The van der Waals surface area contributed by atoms with E-state index >= 15 is 0 Å². The van der Waals surface area contributed by atoms with Crippen molar-refractivity contribution >= 4 is 11.9 Å². The van der Waals surface area contributed by atoms with E-state index in [1.54, 1.807) is 0 Å². The Kier molecular flexibility index (Phi) is 4.09. The molecule has 0 spiro atoms. The maximum Gasteiger partial charge on any atom is 0.309 e. The highest BCUT2D eigenvalue weighted by atomic mass is 16.4. The fourth-order valence-electron chi connectivity index (χ4n) is 5.19. The summed E-state index contributed by atoms with van der Waals surface area (Å²) in [5.74, 6) is -0.417. The first-order valence-corrected chi connectivity index (χ1v) is 9.64. The number of aliphatic carboxylic acids is 1. The van der Waals surface area contributed by atoms with Crippen LogP contribution in [0.5, 0.6) is 0 Å². The maximum absolute atomic E-state index is 13.0. The molecule has 1 unspecified atom stereocenters. The van der Waals surface area contributed by atoms with Gasteiger partial charge in [0, 0.05) is 11.5 Å². The molecule has 3 saturated carbocycles. The van der Waals surface area contributed by atoms with Gasteiger partial charge in [0.1, 0.15) is 0 Å². The van der Waals surface area contributed by atoms with Crippen LogP contribution in [0.15, 0.2) is 24.3 Å². The Balaban J connectivity index is 1.44. The number of carboxylic acids is 1. The van der Waals surface area contributed by atoms with E-state index in [9.17, 15) is 14.7 Å². The second kappa shape index (κ2) is 6.15. The minimum absolute atomic E-state index is 0.0473. The number of hydrogen-bond acceptors (Lipinski definition) is 2. The SMILES string of the molecule is O=C(NC12CCC(C(=O)O)(CC1)CC2)C1CCCc2ccccc2C1. The Bertz CT molecular complexity index is 672. The Morgan fingerprint density at radius 1 is 1.00 bits per heavy atom. The number of carbonyl (C=O) groups excluding carboxylic acids is 1. The second-order valence-electron chi connectivity index (χ2n) is 8.42. The first-order valence-electron chi connectivity index (χ1n) is 9.64. The molecule has 2 N–H and O–H groups in total. The van der Waals surface area contributed by atoms with Crippen molar-refractivity contribution < 1.29 is 14.7 Å². The number of carboxylic acid groups (broad SMARTS) is 1. The highest BCUT2D eigenvalue weighted by Crippen LogP contribution is 2.52. The summed E-state index contributed by atoms with van der Waals surface area (Å²) in [6, 6.07) is 8.48. The van der Waals surface area contributed by atoms with Gasteiger partial charge >= 0.3 is 5.97 Å². The molecule has 0 radical (unpaired) electrons. The number of rotatable bonds is 3. The molecule has 3 fully saturated rings. The van der Waals surface area contributed by atoms with Gasteiger partial charge in [-0.2, -0.15) is 0 Å². The molecule has 0 heterocycles. The number of benzene rings is 1. The largest absolute Gasteiger partial charge is 0.481 e. The minimum atomic E-state index is -0.646. The van der Waals surface area contributed by atoms with Gasteiger partial charge in [0.25, 0.3) is 0 Å². The van der Waals surface area contributed by atoms with Crippen molar-refractivity contribution in [3.05, 3.63) is 35.4 Å². The lowest BCUT2D eigenvalue weighted by molar-refractivity contribution is -0.157. The molecule has 1 amide bonds. The molecule has 134 valence electrons. The van der Waals surface area contributed by atoms with Gasteiger partial charge in [-0.3, -0.25) is 9.59 Å². The third kappa shape index (κ3) is 2.96. The molecule has 4 aliphatic rings. The van der Waals surface area contributed by atoms with Crippen LogP contribution in [0, 0.1) is 11.3 Å². The van der Waals surface area contributed by atoms with E-state index < -0.39 is 11.4 Å². The molecule has 0 aliphatic heterocycles. The van der Waals surface area contributed by atoms with Gasteiger partial charge in [0.15, 0.2) is 0 Å². The van der Waals surface area contributed by atoms with Crippen molar-refractivity contribution in [1.82, 2.24) is 5.32 Å². The van der Waals surface area contributed by atoms with Crippen LogP contribution in [0.4, 0.5) is 0 Å². The van der Waals surface area contributed by atoms with E-state index in [-0.39, 0.29) is 17.4 Å². The molecule has 5 rings (SSSR count). The summed E-state index contributed by atoms with van der Waals surface area (Å²) in [7, 11) is 0. The van der Waals surface area contributed by atoms with Crippen LogP contribution in [0.1, 0.15) is 62.5 Å².